The predicted molar refractivity (Wildman–Crippen MR) is 94.2 cm³/mol. The summed E-state index contributed by atoms with van der Waals surface area (Å²) in [6.07, 6.45) is -0.737. The van der Waals surface area contributed by atoms with Crippen molar-refractivity contribution in [3.63, 3.8) is 0 Å². The summed E-state index contributed by atoms with van der Waals surface area (Å²) in [6, 6.07) is 8.64. The third-order valence-corrected chi connectivity index (χ3v) is 3.42. The van der Waals surface area contributed by atoms with Gasteiger partial charge in [0.05, 0.1) is 22.5 Å². The average Bonchev–Trinajstić information content (AvgIpc) is 2.67. The molecule has 0 amide bonds. The number of hydrogen-bond acceptors (Lipinski definition) is 9. The molecular weight excluding hydrogens is 376 g/mol. The zero-order chi connectivity index (χ0) is 20.5. The highest BCUT2D eigenvalue weighted by Gasteiger charge is 2.15. The fourth-order valence-corrected chi connectivity index (χ4v) is 2.06. The Kier molecular flexibility index (Phi) is 7.22. The van der Waals surface area contributed by atoms with Crippen LogP contribution < -0.4 is 9.47 Å². The Morgan fingerprint density at radius 1 is 1.00 bits per heavy atom. The highest BCUT2D eigenvalue weighted by atomic mass is 16.7. The summed E-state index contributed by atoms with van der Waals surface area (Å²) in [7, 11) is 0. The summed E-state index contributed by atoms with van der Waals surface area (Å²) in [4.78, 5) is 32.1. The maximum Gasteiger partial charge on any atom is 0.514 e. The molecule has 0 aliphatic carbocycles. The van der Waals surface area contributed by atoms with Crippen LogP contribution in [0.4, 0.5) is 16.2 Å². The smallest absolute Gasteiger partial charge is 0.493 e. The fraction of sp³-hybridized carbons (Fsp3) is 0.235. The topological polar surface area (TPSA) is 151 Å². The lowest BCUT2D eigenvalue weighted by Crippen LogP contribution is -2.11. The van der Waals surface area contributed by atoms with Crippen LogP contribution in [0.5, 0.6) is 11.5 Å². The van der Waals surface area contributed by atoms with E-state index in [0.717, 1.165) is 0 Å². The number of carbonyl (C=O) groups is 1. The highest BCUT2D eigenvalue weighted by molar-refractivity contribution is 5.64. The Morgan fingerprint density at radius 3 is 2.25 bits per heavy atom. The Morgan fingerprint density at radius 2 is 1.64 bits per heavy atom. The van der Waals surface area contributed by atoms with Gasteiger partial charge in [0, 0.05) is 36.8 Å². The minimum Gasteiger partial charge on any atom is -0.493 e. The van der Waals surface area contributed by atoms with Gasteiger partial charge in [-0.2, -0.15) is 0 Å². The third kappa shape index (κ3) is 5.92. The molecule has 0 aromatic heterocycles. The van der Waals surface area contributed by atoms with Crippen LogP contribution in [0.15, 0.2) is 42.5 Å². The van der Waals surface area contributed by atoms with Crippen LogP contribution in [0.1, 0.15) is 12.0 Å². The van der Waals surface area contributed by atoms with E-state index in [1.807, 2.05) is 0 Å². The van der Waals surface area contributed by atoms with Crippen LogP contribution in [0.3, 0.4) is 0 Å². The van der Waals surface area contributed by atoms with E-state index >= 15 is 0 Å². The van der Waals surface area contributed by atoms with Gasteiger partial charge in [-0.3, -0.25) is 20.2 Å². The summed E-state index contributed by atoms with van der Waals surface area (Å²) >= 11 is 0. The quantitative estimate of drug-likeness (QED) is 0.223. The van der Waals surface area contributed by atoms with Crippen molar-refractivity contribution in [3.8, 4) is 11.5 Å². The minimum absolute atomic E-state index is 0.0544. The number of aliphatic hydroxyl groups excluding tert-OH is 1. The maximum atomic E-state index is 11.8. The van der Waals surface area contributed by atoms with Crippen molar-refractivity contribution < 1.29 is 34.0 Å². The van der Waals surface area contributed by atoms with E-state index in [2.05, 4.69) is 0 Å². The third-order valence-electron chi connectivity index (χ3n) is 3.42. The van der Waals surface area contributed by atoms with Gasteiger partial charge in [-0.25, -0.2) is 4.79 Å². The van der Waals surface area contributed by atoms with Gasteiger partial charge < -0.3 is 19.3 Å². The number of nitrogens with zero attached hydrogens (tertiary/aromatic N) is 2. The van der Waals surface area contributed by atoms with E-state index in [0.29, 0.717) is 12.0 Å². The van der Waals surface area contributed by atoms with Crippen LogP contribution in [-0.4, -0.2) is 34.3 Å². The zero-order valence-corrected chi connectivity index (χ0v) is 14.5. The minimum atomic E-state index is -1.06. The van der Waals surface area contributed by atoms with Crippen LogP contribution in [0.25, 0.3) is 0 Å². The van der Waals surface area contributed by atoms with Crippen molar-refractivity contribution in [2.75, 3.05) is 13.2 Å². The first-order valence-electron chi connectivity index (χ1n) is 8.00. The number of aliphatic hydroxyl groups is 1. The molecule has 0 radical (unpaired) electrons. The van der Waals surface area contributed by atoms with Crippen LogP contribution in [-0.2, 0) is 11.3 Å². The number of non-ortho nitro benzene ring substituents is 2. The van der Waals surface area contributed by atoms with E-state index < -0.39 is 16.0 Å². The van der Waals surface area contributed by atoms with Crippen molar-refractivity contribution >= 4 is 17.5 Å². The predicted octanol–water partition coefficient (Wildman–Crippen LogP) is 2.98. The molecule has 148 valence electrons. The number of nitro groups is 2. The van der Waals surface area contributed by atoms with Gasteiger partial charge in [0.1, 0.15) is 18.1 Å². The molecule has 11 heteroatoms. The fourth-order valence-electron chi connectivity index (χ4n) is 2.06. The second kappa shape index (κ2) is 9.83. The molecule has 0 saturated heterocycles. The van der Waals surface area contributed by atoms with Crippen LogP contribution in [0, 0.1) is 20.2 Å². The van der Waals surface area contributed by atoms with E-state index in [-0.39, 0.29) is 42.7 Å². The molecule has 2 aromatic carbocycles. The first kappa shape index (κ1) is 20.6. The SMILES string of the molecule is O=C(OCc1ccc([N+](=O)[O-])cc1OCCCO)Oc1ccc([N+](=O)[O-])cc1. The molecule has 0 aliphatic rings. The molecule has 0 unspecified atom stereocenters. The van der Waals surface area contributed by atoms with Gasteiger partial charge in [-0.05, 0) is 18.2 Å². The molecule has 0 spiro atoms. The van der Waals surface area contributed by atoms with Crippen molar-refractivity contribution in [2.24, 2.45) is 0 Å². The summed E-state index contributed by atoms with van der Waals surface area (Å²) in [5.41, 5.74) is 0.0108. The van der Waals surface area contributed by atoms with Crippen molar-refractivity contribution in [3.05, 3.63) is 68.3 Å². The molecule has 0 heterocycles. The van der Waals surface area contributed by atoms with Crippen molar-refractivity contribution in [1.82, 2.24) is 0 Å². The summed E-state index contributed by atoms with van der Waals surface area (Å²) in [6.45, 7) is -0.265. The molecule has 28 heavy (non-hydrogen) atoms. The number of ether oxygens (including phenoxy) is 3. The monoisotopic (exact) mass is 392 g/mol. The van der Waals surface area contributed by atoms with E-state index in [9.17, 15) is 25.0 Å². The second-order valence-corrected chi connectivity index (χ2v) is 5.37. The van der Waals surface area contributed by atoms with Gasteiger partial charge in [-0.1, -0.05) is 0 Å². The lowest BCUT2D eigenvalue weighted by atomic mass is 10.2. The largest absolute Gasteiger partial charge is 0.514 e. The van der Waals surface area contributed by atoms with E-state index in [1.165, 1.54) is 42.5 Å². The van der Waals surface area contributed by atoms with E-state index in [1.54, 1.807) is 0 Å². The molecule has 2 rings (SSSR count). The molecule has 0 fully saturated rings. The summed E-state index contributed by atoms with van der Waals surface area (Å²) in [5.74, 6) is 0.199. The summed E-state index contributed by atoms with van der Waals surface area (Å²) in [5, 5.41) is 30.3. The lowest BCUT2D eigenvalue weighted by Gasteiger charge is -2.11. The Hall–Kier alpha value is -3.73. The van der Waals surface area contributed by atoms with Crippen molar-refractivity contribution in [1.29, 1.82) is 0 Å². The molecule has 2 aromatic rings. The van der Waals surface area contributed by atoms with Gasteiger partial charge in [-0.15, -0.1) is 0 Å². The number of benzene rings is 2. The van der Waals surface area contributed by atoms with Gasteiger partial charge in [0.25, 0.3) is 11.4 Å². The van der Waals surface area contributed by atoms with Gasteiger partial charge in [0.15, 0.2) is 0 Å². The second-order valence-electron chi connectivity index (χ2n) is 5.37. The maximum absolute atomic E-state index is 11.8. The highest BCUT2D eigenvalue weighted by Crippen LogP contribution is 2.26. The number of nitro benzene ring substituents is 2. The number of hydrogen-bond donors (Lipinski definition) is 1. The van der Waals surface area contributed by atoms with Gasteiger partial charge >= 0.3 is 6.16 Å². The Labute approximate surface area is 158 Å². The Balaban J connectivity index is 2.00. The molecule has 1 N–H and O–H groups in total. The van der Waals surface area contributed by atoms with Crippen LogP contribution in [0.2, 0.25) is 0 Å². The molecule has 0 saturated carbocycles. The first-order chi connectivity index (χ1) is 13.4. The molecule has 0 bridgehead atoms. The number of rotatable bonds is 9. The summed E-state index contributed by atoms with van der Waals surface area (Å²) < 4.78 is 15.3. The standard InChI is InChI=1S/C17H16N2O9/c20-8-1-9-26-16-10-14(19(24)25)3-2-12(16)11-27-17(21)28-15-6-4-13(5-7-15)18(22)23/h2-7,10,20H,1,8-9,11H2. The van der Waals surface area contributed by atoms with Gasteiger partial charge in [0.2, 0.25) is 0 Å². The molecule has 0 aliphatic heterocycles. The van der Waals surface area contributed by atoms with Crippen molar-refractivity contribution in [2.45, 2.75) is 13.0 Å². The first-order valence-corrected chi connectivity index (χ1v) is 8.00. The lowest BCUT2D eigenvalue weighted by molar-refractivity contribution is -0.385. The molecule has 0 atom stereocenters. The normalized spacial score (nSPS) is 10.2. The molecular formula is C17H16N2O9. The number of carbonyl (C=O) groups excluding carboxylic acids is 1. The molecule has 11 nitrogen and oxygen atoms in total. The van der Waals surface area contributed by atoms with Crippen LogP contribution >= 0.6 is 0 Å². The zero-order valence-electron chi connectivity index (χ0n) is 14.5. The average molecular weight is 392 g/mol. The van der Waals surface area contributed by atoms with E-state index in [4.69, 9.17) is 19.3 Å². The Bertz CT molecular complexity index is 852.